The number of amides is 1. The van der Waals surface area contributed by atoms with E-state index in [1.165, 1.54) is 11.0 Å². The molecule has 1 fully saturated rings. The summed E-state index contributed by atoms with van der Waals surface area (Å²) >= 11 is 0. The fraction of sp³-hybridized carbons (Fsp3) is 0.462. The smallest absolute Gasteiger partial charge is 0.253 e. The number of nitrogens with zero attached hydrogens (tertiary/aromatic N) is 1. The number of carbonyl (C=O) groups excluding carboxylic acids is 1. The van der Waals surface area contributed by atoms with Gasteiger partial charge in [-0.2, -0.15) is 0 Å². The number of hydrogen-bond donors (Lipinski definition) is 1. The van der Waals surface area contributed by atoms with Gasteiger partial charge in [0.25, 0.3) is 5.91 Å². The Morgan fingerprint density at radius 1 is 1.44 bits per heavy atom. The van der Waals surface area contributed by atoms with E-state index in [9.17, 15) is 13.6 Å². The molecule has 0 bridgehead atoms. The van der Waals surface area contributed by atoms with E-state index >= 15 is 0 Å². The van der Waals surface area contributed by atoms with Crippen LogP contribution in [0.15, 0.2) is 18.2 Å². The molecular formula is C13H16F2N2O. The Bertz CT molecular complexity index is 445. The first-order chi connectivity index (χ1) is 8.58. The fourth-order valence-electron chi connectivity index (χ4n) is 2.18. The predicted octanol–water partition coefficient (Wildman–Crippen LogP) is 1.79. The van der Waals surface area contributed by atoms with Gasteiger partial charge in [0.2, 0.25) is 0 Å². The number of hydrogen-bond acceptors (Lipinski definition) is 2. The Morgan fingerprint density at radius 3 is 2.83 bits per heavy atom. The second-order valence-corrected chi connectivity index (χ2v) is 4.61. The Hall–Kier alpha value is -1.49. The van der Waals surface area contributed by atoms with Crippen molar-refractivity contribution in [1.82, 2.24) is 10.2 Å². The first kappa shape index (κ1) is 13.0. The first-order valence-electron chi connectivity index (χ1n) is 6.02. The number of halogens is 2. The molecule has 0 aromatic heterocycles. The molecule has 1 saturated heterocycles. The van der Waals surface area contributed by atoms with Crippen LogP contribution in [0.3, 0.4) is 0 Å². The highest BCUT2D eigenvalue weighted by atomic mass is 19.2. The molecule has 1 amide bonds. The molecule has 1 unspecified atom stereocenters. The average Bonchev–Trinajstić information content (AvgIpc) is 2.84. The molecular weight excluding hydrogens is 238 g/mol. The highest BCUT2D eigenvalue weighted by Gasteiger charge is 2.20. The molecule has 5 heteroatoms. The van der Waals surface area contributed by atoms with Crippen LogP contribution in [0.25, 0.3) is 0 Å². The van der Waals surface area contributed by atoms with Crippen molar-refractivity contribution >= 4 is 5.91 Å². The second-order valence-electron chi connectivity index (χ2n) is 4.61. The summed E-state index contributed by atoms with van der Waals surface area (Å²) in [6.07, 6.45) is 2.15. The van der Waals surface area contributed by atoms with Crippen molar-refractivity contribution in [2.45, 2.75) is 18.9 Å². The molecule has 1 aromatic carbocycles. The van der Waals surface area contributed by atoms with Gasteiger partial charge < -0.3 is 10.2 Å². The Kier molecular flexibility index (Phi) is 3.91. The van der Waals surface area contributed by atoms with E-state index in [-0.39, 0.29) is 11.5 Å². The molecule has 0 saturated carbocycles. The lowest BCUT2D eigenvalue weighted by Gasteiger charge is -2.21. The zero-order chi connectivity index (χ0) is 13.1. The molecule has 1 N–H and O–H groups in total. The van der Waals surface area contributed by atoms with Crippen LogP contribution >= 0.6 is 0 Å². The van der Waals surface area contributed by atoms with Crippen molar-refractivity contribution in [3.8, 4) is 0 Å². The van der Waals surface area contributed by atoms with Crippen LogP contribution in [-0.2, 0) is 0 Å². The molecule has 2 rings (SSSR count). The van der Waals surface area contributed by atoms with Gasteiger partial charge in [-0.15, -0.1) is 0 Å². The summed E-state index contributed by atoms with van der Waals surface area (Å²) in [5.41, 5.74) is 0.175. The SMILES string of the molecule is CN(CC1CCCN1)C(=O)c1ccc(F)c(F)c1. The Balaban J connectivity index is 2.02. The van der Waals surface area contributed by atoms with E-state index < -0.39 is 11.6 Å². The Labute approximate surface area is 105 Å². The van der Waals surface area contributed by atoms with Gasteiger partial charge in [0.05, 0.1) is 0 Å². The number of nitrogens with one attached hydrogen (secondary N) is 1. The third-order valence-corrected chi connectivity index (χ3v) is 3.17. The number of benzene rings is 1. The van der Waals surface area contributed by atoms with Gasteiger partial charge in [-0.05, 0) is 37.6 Å². The van der Waals surface area contributed by atoms with Crippen molar-refractivity contribution in [1.29, 1.82) is 0 Å². The number of rotatable bonds is 3. The van der Waals surface area contributed by atoms with Crippen molar-refractivity contribution in [2.24, 2.45) is 0 Å². The maximum Gasteiger partial charge on any atom is 0.253 e. The average molecular weight is 254 g/mol. The molecule has 1 aromatic rings. The summed E-state index contributed by atoms with van der Waals surface area (Å²) in [6, 6.07) is 3.52. The van der Waals surface area contributed by atoms with E-state index in [2.05, 4.69) is 5.32 Å². The molecule has 0 spiro atoms. The van der Waals surface area contributed by atoms with Gasteiger partial charge in [-0.3, -0.25) is 4.79 Å². The molecule has 0 radical (unpaired) electrons. The fourth-order valence-corrected chi connectivity index (χ4v) is 2.18. The number of likely N-dealkylation sites (N-methyl/N-ethyl adjacent to an activating group) is 1. The lowest BCUT2D eigenvalue weighted by atomic mass is 10.1. The van der Waals surface area contributed by atoms with Crippen LogP contribution in [0.2, 0.25) is 0 Å². The minimum atomic E-state index is -0.992. The van der Waals surface area contributed by atoms with E-state index in [0.717, 1.165) is 31.5 Å². The molecule has 0 aliphatic carbocycles. The summed E-state index contributed by atoms with van der Waals surface area (Å²) in [7, 11) is 1.67. The van der Waals surface area contributed by atoms with Crippen molar-refractivity contribution in [3.63, 3.8) is 0 Å². The van der Waals surface area contributed by atoms with Crippen LogP contribution in [0, 0.1) is 11.6 Å². The number of carbonyl (C=O) groups is 1. The van der Waals surface area contributed by atoms with Gasteiger partial charge >= 0.3 is 0 Å². The topological polar surface area (TPSA) is 32.3 Å². The third kappa shape index (κ3) is 2.85. The van der Waals surface area contributed by atoms with E-state index in [1.807, 2.05) is 0 Å². The summed E-state index contributed by atoms with van der Waals surface area (Å²) in [5, 5.41) is 3.29. The molecule has 1 aliphatic rings. The minimum absolute atomic E-state index is 0.175. The van der Waals surface area contributed by atoms with E-state index in [4.69, 9.17) is 0 Å². The van der Waals surface area contributed by atoms with Crippen molar-refractivity contribution in [2.75, 3.05) is 20.1 Å². The molecule has 3 nitrogen and oxygen atoms in total. The molecule has 1 aliphatic heterocycles. The normalized spacial score (nSPS) is 18.9. The van der Waals surface area contributed by atoms with Crippen LogP contribution in [-0.4, -0.2) is 37.0 Å². The highest BCUT2D eigenvalue weighted by Crippen LogP contribution is 2.12. The predicted molar refractivity (Wildman–Crippen MR) is 64.3 cm³/mol. The van der Waals surface area contributed by atoms with Gasteiger partial charge in [0.15, 0.2) is 11.6 Å². The van der Waals surface area contributed by atoms with Gasteiger partial charge in [0.1, 0.15) is 0 Å². The monoisotopic (exact) mass is 254 g/mol. The largest absolute Gasteiger partial charge is 0.340 e. The van der Waals surface area contributed by atoms with Gasteiger partial charge in [-0.1, -0.05) is 0 Å². The summed E-state index contributed by atoms with van der Waals surface area (Å²) in [6.45, 7) is 1.55. The minimum Gasteiger partial charge on any atom is -0.340 e. The van der Waals surface area contributed by atoms with Crippen molar-refractivity contribution < 1.29 is 13.6 Å². The van der Waals surface area contributed by atoms with Crippen LogP contribution < -0.4 is 5.32 Å². The molecule has 1 heterocycles. The Morgan fingerprint density at radius 2 is 2.22 bits per heavy atom. The summed E-state index contributed by atoms with van der Waals surface area (Å²) in [5.74, 6) is -2.22. The zero-order valence-electron chi connectivity index (χ0n) is 10.2. The van der Waals surface area contributed by atoms with E-state index in [1.54, 1.807) is 7.05 Å². The maximum atomic E-state index is 13.0. The molecule has 98 valence electrons. The summed E-state index contributed by atoms with van der Waals surface area (Å²) < 4.78 is 25.8. The lowest BCUT2D eigenvalue weighted by molar-refractivity contribution is 0.0783. The highest BCUT2D eigenvalue weighted by molar-refractivity contribution is 5.94. The molecule has 1 atom stereocenters. The van der Waals surface area contributed by atoms with E-state index in [0.29, 0.717) is 12.6 Å². The van der Waals surface area contributed by atoms with Crippen LogP contribution in [0.1, 0.15) is 23.2 Å². The lowest BCUT2D eigenvalue weighted by Crippen LogP contribution is -2.38. The molecule has 18 heavy (non-hydrogen) atoms. The summed E-state index contributed by atoms with van der Waals surface area (Å²) in [4.78, 5) is 13.5. The third-order valence-electron chi connectivity index (χ3n) is 3.17. The maximum absolute atomic E-state index is 13.0. The second kappa shape index (κ2) is 5.44. The van der Waals surface area contributed by atoms with Gasteiger partial charge in [-0.25, -0.2) is 8.78 Å². The first-order valence-corrected chi connectivity index (χ1v) is 6.02. The van der Waals surface area contributed by atoms with Gasteiger partial charge in [0, 0.05) is 25.2 Å². The van der Waals surface area contributed by atoms with Crippen LogP contribution in [0.4, 0.5) is 8.78 Å². The standard InChI is InChI=1S/C13H16F2N2O/c1-17(8-10-3-2-6-16-10)13(18)9-4-5-11(14)12(15)7-9/h4-5,7,10,16H,2-3,6,8H2,1H3. The quantitative estimate of drug-likeness (QED) is 0.892. The van der Waals surface area contributed by atoms with Crippen molar-refractivity contribution in [3.05, 3.63) is 35.4 Å². The van der Waals surface area contributed by atoms with Crippen LogP contribution in [0.5, 0.6) is 0 Å². The zero-order valence-corrected chi connectivity index (χ0v) is 10.2.